The first kappa shape index (κ1) is 27.3. The molecule has 0 radical (unpaired) electrons. The number of carbonyl (C=O) groups excluding carboxylic acids is 1. The number of carbonyl (C=O) groups is 1. The van der Waals surface area contributed by atoms with Crippen LogP contribution in [0.4, 0.5) is 17.1 Å². The number of aryl methyl sites for hydroxylation is 1. The van der Waals surface area contributed by atoms with Crippen LogP contribution in [-0.2, 0) is 10.1 Å². The Hall–Kier alpha value is -3.70. The van der Waals surface area contributed by atoms with Gasteiger partial charge in [0, 0.05) is 5.39 Å². The van der Waals surface area contributed by atoms with Gasteiger partial charge in [0.1, 0.15) is 27.7 Å². The molecule has 4 aromatic carbocycles. The Morgan fingerprint density at radius 3 is 2.50 bits per heavy atom. The summed E-state index contributed by atoms with van der Waals surface area (Å²) in [6.45, 7) is 3.60. The van der Waals surface area contributed by atoms with E-state index in [1.165, 1.54) is 25.1 Å². The van der Waals surface area contributed by atoms with Crippen molar-refractivity contribution in [2.75, 3.05) is 11.9 Å². The van der Waals surface area contributed by atoms with E-state index >= 15 is 0 Å². The highest BCUT2D eigenvalue weighted by Crippen LogP contribution is 2.42. The summed E-state index contributed by atoms with van der Waals surface area (Å²) in [6.07, 6.45) is 0. The molecule has 0 fully saturated rings. The van der Waals surface area contributed by atoms with Crippen LogP contribution in [0, 0.1) is 6.92 Å². The number of phenolic OH excluding ortho intramolecular Hbond substituents is 1. The van der Waals surface area contributed by atoms with Crippen LogP contribution in [0.1, 0.15) is 22.8 Å². The Labute approximate surface area is 228 Å². The molecule has 9 nitrogen and oxygen atoms in total. The third kappa shape index (κ3) is 5.44. The molecule has 196 valence electrons. The topological polar surface area (TPSA) is 138 Å². The van der Waals surface area contributed by atoms with Gasteiger partial charge in [0.2, 0.25) is 0 Å². The summed E-state index contributed by atoms with van der Waals surface area (Å²) in [5.41, 5.74) is 0.215. The first-order valence-corrected chi connectivity index (χ1v) is 13.4. The predicted octanol–water partition coefficient (Wildman–Crippen LogP) is 7.47. The average Bonchev–Trinajstić information content (AvgIpc) is 2.85. The monoisotopic (exact) mass is 573 g/mol. The highest BCUT2D eigenvalue weighted by atomic mass is 35.5. The molecule has 0 spiro atoms. The number of fused-ring (bicyclic) bond motifs is 1. The van der Waals surface area contributed by atoms with E-state index in [9.17, 15) is 22.9 Å². The number of para-hydroxylation sites is 1. The highest BCUT2D eigenvalue weighted by Gasteiger charge is 2.22. The van der Waals surface area contributed by atoms with Crippen LogP contribution in [0.3, 0.4) is 0 Å². The zero-order valence-electron chi connectivity index (χ0n) is 20.1. The van der Waals surface area contributed by atoms with Gasteiger partial charge in [-0.05, 0) is 49.1 Å². The third-order valence-corrected chi connectivity index (χ3v) is 7.39. The van der Waals surface area contributed by atoms with Crippen molar-refractivity contribution in [1.29, 1.82) is 0 Å². The van der Waals surface area contributed by atoms with Crippen molar-refractivity contribution in [2.45, 2.75) is 18.7 Å². The maximum atomic E-state index is 13.3. The summed E-state index contributed by atoms with van der Waals surface area (Å²) in [4.78, 5) is 12.8. The Bertz CT molecular complexity index is 1710. The molecule has 0 aliphatic carbocycles. The van der Waals surface area contributed by atoms with Crippen molar-refractivity contribution in [2.24, 2.45) is 10.2 Å². The average molecular weight is 574 g/mol. The lowest BCUT2D eigenvalue weighted by Crippen LogP contribution is -2.14. The van der Waals surface area contributed by atoms with Crippen molar-refractivity contribution in [1.82, 2.24) is 0 Å². The number of anilines is 1. The van der Waals surface area contributed by atoms with Gasteiger partial charge in [-0.25, -0.2) is 0 Å². The van der Waals surface area contributed by atoms with E-state index in [1.807, 2.05) is 0 Å². The molecule has 4 aromatic rings. The molecule has 0 saturated heterocycles. The molecular weight excluding hydrogens is 553 g/mol. The zero-order chi connectivity index (χ0) is 27.6. The number of ether oxygens (including phenoxy) is 1. The number of benzene rings is 4. The van der Waals surface area contributed by atoms with E-state index < -0.39 is 26.7 Å². The molecular formula is C26H21Cl2N3O6S. The number of phenols is 1. The van der Waals surface area contributed by atoms with E-state index in [4.69, 9.17) is 27.9 Å². The van der Waals surface area contributed by atoms with Crippen LogP contribution in [0.25, 0.3) is 10.8 Å². The summed E-state index contributed by atoms with van der Waals surface area (Å²) >= 11 is 12.5. The van der Waals surface area contributed by atoms with Gasteiger partial charge in [-0.2, -0.15) is 8.42 Å². The SMILES string of the molecule is CCOc1cccc(Cl)c1NC(=O)c1cc2ccccc2c(N=Nc2ccc(C)c(S(=O)(=O)O)c2Cl)c1O. The molecule has 0 unspecified atom stereocenters. The van der Waals surface area contributed by atoms with E-state index in [2.05, 4.69) is 15.5 Å². The molecule has 0 atom stereocenters. The third-order valence-electron chi connectivity index (χ3n) is 5.54. The van der Waals surface area contributed by atoms with Gasteiger partial charge >= 0.3 is 0 Å². The van der Waals surface area contributed by atoms with E-state index in [-0.39, 0.29) is 38.2 Å². The molecule has 0 bridgehead atoms. The van der Waals surface area contributed by atoms with Gasteiger partial charge in [-0.15, -0.1) is 10.2 Å². The van der Waals surface area contributed by atoms with Gasteiger partial charge in [0.05, 0.1) is 22.2 Å². The molecule has 4 rings (SSSR count). The quantitative estimate of drug-likeness (QED) is 0.155. The van der Waals surface area contributed by atoms with Crippen LogP contribution in [0.15, 0.2) is 75.8 Å². The fourth-order valence-electron chi connectivity index (χ4n) is 3.81. The number of nitrogens with one attached hydrogen (secondary N) is 1. The number of amides is 1. The fourth-order valence-corrected chi connectivity index (χ4v) is 5.38. The molecule has 3 N–H and O–H groups in total. The van der Waals surface area contributed by atoms with Crippen molar-refractivity contribution in [3.63, 3.8) is 0 Å². The summed E-state index contributed by atoms with van der Waals surface area (Å²) < 4.78 is 38.7. The van der Waals surface area contributed by atoms with E-state index in [0.717, 1.165) is 0 Å². The van der Waals surface area contributed by atoms with E-state index in [0.29, 0.717) is 23.1 Å². The molecule has 1 amide bonds. The van der Waals surface area contributed by atoms with Crippen molar-refractivity contribution in [3.8, 4) is 11.5 Å². The Morgan fingerprint density at radius 2 is 1.79 bits per heavy atom. The lowest BCUT2D eigenvalue weighted by atomic mass is 10.0. The Kier molecular flexibility index (Phi) is 7.89. The smallest absolute Gasteiger partial charge is 0.296 e. The van der Waals surface area contributed by atoms with Crippen LogP contribution in [0.2, 0.25) is 10.0 Å². The molecule has 0 saturated carbocycles. The van der Waals surface area contributed by atoms with Crippen molar-refractivity contribution >= 4 is 67.1 Å². The van der Waals surface area contributed by atoms with Crippen molar-refractivity contribution in [3.05, 3.63) is 81.8 Å². The number of azo groups is 1. The number of hydrogen-bond acceptors (Lipinski definition) is 7. The van der Waals surface area contributed by atoms with Gasteiger partial charge in [-0.1, -0.05) is 59.6 Å². The molecule has 0 aliphatic heterocycles. The molecule has 0 aromatic heterocycles. The lowest BCUT2D eigenvalue weighted by Gasteiger charge is -2.15. The number of rotatable bonds is 7. The maximum absolute atomic E-state index is 13.3. The van der Waals surface area contributed by atoms with E-state index in [1.54, 1.807) is 49.4 Å². The van der Waals surface area contributed by atoms with Gasteiger partial charge in [-0.3, -0.25) is 9.35 Å². The largest absolute Gasteiger partial charge is 0.505 e. The number of nitrogens with zero attached hydrogens (tertiary/aromatic N) is 2. The summed E-state index contributed by atoms with van der Waals surface area (Å²) in [7, 11) is -4.63. The predicted molar refractivity (Wildman–Crippen MR) is 146 cm³/mol. The lowest BCUT2D eigenvalue weighted by molar-refractivity contribution is 0.102. The second kappa shape index (κ2) is 11.0. The van der Waals surface area contributed by atoms with Crippen LogP contribution in [-0.4, -0.2) is 30.6 Å². The second-order valence-corrected chi connectivity index (χ2v) is 10.2. The minimum atomic E-state index is -4.63. The van der Waals surface area contributed by atoms with Crippen molar-refractivity contribution < 1.29 is 27.6 Å². The summed E-state index contributed by atoms with van der Waals surface area (Å²) in [5, 5.41) is 22.9. The molecule has 0 aliphatic rings. The molecule has 0 heterocycles. The minimum Gasteiger partial charge on any atom is -0.505 e. The minimum absolute atomic E-state index is 0.0533. The highest BCUT2D eigenvalue weighted by molar-refractivity contribution is 7.86. The second-order valence-electron chi connectivity index (χ2n) is 8.06. The standard InChI is InChI=1S/C26H21Cl2N3O6S/c1-3-37-20-10-6-9-18(27)23(20)29-26(33)17-13-15-7-4-5-8-16(15)22(24(17)32)31-30-19-12-11-14(2)25(21(19)28)38(34,35)36/h4-13,32H,3H2,1-2H3,(H,29,33)(H,34,35,36). The normalized spacial score (nSPS) is 11.7. The Balaban J connectivity index is 1.82. The number of aromatic hydroxyl groups is 1. The molecule has 12 heteroatoms. The zero-order valence-corrected chi connectivity index (χ0v) is 22.4. The van der Waals surface area contributed by atoms with Gasteiger partial charge < -0.3 is 15.2 Å². The Morgan fingerprint density at radius 1 is 1.05 bits per heavy atom. The summed E-state index contributed by atoms with van der Waals surface area (Å²) in [5.74, 6) is -0.800. The van der Waals surface area contributed by atoms with Gasteiger partial charge in [0.15, 0.2) is 5.75 Å². The van der Waals surface area contributed by atoms with Gasteiger partial charge in [0.25, 0.3) is 16.0 Å². The van der Waals surface area contributed by atoms with Crippen LogP contribution in [0.5, 0.6) is 11.5 Å². The van der Waals surface area contributed by atoms with Crippen LogP contribution >= 0.6 is 23.2 Å². The number of halogens is 2. The van der Waals surface area contributed by atoms with Crippen LogP contribution < -0.4 is 10.1 Å². The first-order chi connectivity index (χ1) is 18.0. The maximum Gasteiger partial charge on any atom is 0.296 e. The first-order valence-electron chi connectivity index (χ1n) is 11.2. The summed E-state index contributed by atoms with van der Waals surface area (Å²) in [6, 6.07) is 16.1. The fraction of sp³-hybridized carbons (Fsp3) is 0.115. The molecule has 38 heavy (non-hydrogen) atoms. The number of hydrogen-bond donors (Lipinski definition) is 3.